The molecule has 0 spiro atoms. The second-order valence-corrected chi connectivity index (χ2v) is 15.3. The van der Waals surface area contributed by atoms with Gasteiger partial charge in [0, 0.05) is 49.9 Å². The lowest BCUT2D eigenvalue weighted by atomic mass is 9.96. The fourth-order valence-electron chi connectivity index (χ4n) is 8.99. The van der Waals surface area contributed by atoms with Gasteiger partial charge in [0.05, 0.1) is 5.69 Å². The summed E-state index contributed by atoms with van der Waals surface area (Å²) in [6.07, 6.45) is 0. The fourth-order valence-corrected chi connectivity index (χ4v) is 8.99. The summed E-state index contributed by atoms with van der Waals surface area (Å²) in [7, 11) is 0. The molecular formula is C56H35NO2. The maximum absolute atomic E-state index is 6.51. The van der Waals surface area contributed by atoms with Gasteiger partial charge in [0.15, 0.2) is 0 Å². The fraction of sp³-hybridized carbons (Fsp3) is 0. The van der Waals surface area contributed by atoms with Crippen molar-refractivity contribution in [2.45, 2.75) is 0 Å². The summed E-state index contributed by atoms with van der Waals surface area (Å²) in [6, 6.07) is 75.8. The van der Waals surface area contributed by atoms with Gasteiger partial charge in [-0.15, -0.1) is 0 Å². The van der Waals surface area contributed by atoms with E-state index in [1.807, 2.05) is 12.1 Å². The molecule has 3 nitrogen and oxygen atoms in total. The predicted molar refractivity (Wildman–Crippen MR) is 247 cm³/mol. The SMILES string of the molecule is c1ccc(N(c2ccc(-c3ccc(-c4cccc5ccccc45)cc3)cc2)c2ccc3c(c2)oc2ccccc23)c(-c2ccc3oc4c5ccccc5ccc4c3c2)c1. The minimum Gasteiger partial charge on any atom is -0.456 e. The number of para-hydroxylation sites is 2. The van der Waals surface area contributed by atoms with Gasteiger partial charge in [0.25, 0.3) is 0 Å². The number of fused-ring (bicyclic) bond motifs is 9. The molecule has 3 heteroatoms. The van der Waals surface area contributed by atoms with Crippen LogP contribution in [0.1, 0.15) is 0 Å². The van der Waals surface area contributed by atoms with Crippen molar-refractivity contribution in [3.05, 3.63) is 212 Å². The molecule has 0 saturated heterocycles. The van der Waals surface area contributed by atoms with E-state index in [1.165, 1.54) is 32.8 Å². The number of hydrogen-bond acceptors (Lipinski definition) is 3. The molecule has 276 valence electrons. The van der Waals surface area contributed by atoms with Gasteiger partial charge in [0.1, 0.15) is 22.3 Å². The quantitative estimate of drug-likeness (QED) is 0.169. The van der Waals surface area contributed by atoms with Crippen molar-refractivity contribution in [3.8, 4) is 33.4 Å². The van der Waals surface area contributed by atoms with Crippen molar-refractivity contribution in [2.24, 2.45) is 0 Å². The maximum atomic E-state index is 6.51. The predicted octanol–water partition coefficient (Wildman–Crippen LogP) is 16.3. The molecule has 12 rings (SSSR count). The highest BCUT2D eigenvalue weighted by molar-refractivity contribution is 6.16. The van der Waals surface area contributed by atoms with Crippen LogP contribution in [-0.4, -0.2) is 0 Å². The van der Waals surface area contributed by atoms with Crippen molar-refractivity contribution >= 4 is 82.5 Å². The summed E-state index contributed by atoms with van der Waals surface area (Å²) < 4.78 is 13.0. The normalized spacial score (nSPS) is 11.7. The van der Waals surface area contributed by atoms with Crippen LogP contribution in [0, 0.1) is 0 Å². The van der Waals surface area contributed by atoms with Gasteiger partial charge in [-0.05, 0) is 98.6 Å². The number of anilines is 3. The Morgan fingerprint density at radius 2 is 0.864 bits per heavy atom. The molecule has 0 N–H and O–H groups in total. The van der Waals surface area contributed by atoms with Gasteiger partial charge < -0.3 is 13.7 Å². The molecule has 0 saturated carbocycles. The number of hydrogen-bond donors (Lipinski definition) is 0. The van der Waals surface area contributed by atoms with E-state index in [0.717, 1.165) is 83.0 Å². The van der Waals surface area contributed by atoms with Crippen molar-refractivity contribution in [3.63, 3.8) is 0 Å². The Balaban J connectivity index is 0.975. The summed E-state index contributed by atoms with van der Waals surface area (Å²) >= 11 is 0. The summed E-state index contributed by atoms with van der Waals surface area (Å²) in [5.74, 6) is 0. The van der Waals surface area contributed by atoms with Gasteiger partial charge in [-0.2, -0.15) is 0 Å². The molecule has 2 aromatic heterocycles. The largest absolute Gasteiger partial charge is 0.456 e. The van der Waals surface area contributed by atoms with Gasteiger partial charge in [-0.25, -0.2) is 0 Å². The molecule has 12 aromatic rings. The van der Waals surface area contributed by atoms with Crippen LogP contribution in [0.3, 0.4) is 0 Å². The minimum absolute atomic E-state index is 0.854. The average molecular weight is 754 g/mol. The molecule has 2 heterocycles. The first-order chi connectivity index (χ1) is 29.2. The Bertz CT molecular complexity index is 3550. The van der Waals surface area contributed by atoms with Crippen molar-refractivity contribution in [1.29, 1.82) is 0 Å². The van der Waals surface area contributed by atoms with E-state index >= 15 is 0 Å². The molecule has 10 aromatic carbocycles. The Labute approximate surface area is 340 Å². The van der Waals surface area contributed by atoms with Crippen LogP contribution in [0.4, 0.5) is 17.1 Å². The van der Waals surface area contributed by atoms with Crippen molar-refractivity contribution in [1.82, 2.24) is 0 Å². The monoisotopic (exact) mass is 753 g/mol. The molecule has 59 heavy (non-hydrogen) atoms. The Morgan fingerprint density at radius 1 is 0.288 bits per heavy atom. The van der Waals surface area contributed by atoms with E-state index in [0.29, 0.717) is 0 Å². The molecule has 0 fully saturated rings. The van der Waals surface area contributed by atoms with Crippen LogP contribution in [0.25, 0.3) is 98.8 Å². The molecule has 0 radical (unpaired) electrons. The van der Waals surface area contributed by atoms with Gasteiger partial charge in [-0.3, -0.25) is 0 Å². The maximum Gasteiger partial charge on any atom is 0.143 e. The zero-order chi connectivity index (χ0) is 38.9. The third kappa shape index (κ3) is 5.51. The summed E-state index contributed by atoms with van der Waals surface area (Å²) in [4.78, 5) is 2.35. The zero-order valence-electron chi connectivity index (χ0n) is 32.0. The van der Waals surface area contributed by atoms with Gasteiger partial charge in [-0.1, -0.05) is 152 Å². The third-order valence-corrected chi connectivity index (χ3v) is 11.9. The van der Waals surface area contributed by atoms with Crippen LogP contribution in [0.2, 0.25) is 0 Å². The minimum atomic E-state index is 0.854. The number of rotatable bonds is 6. The highest BCUT2D eigenvalue weighted by atomic mass is 16.3. The van der Waals surface area contributed by atoms with Crippen LogP contribution < -0.4 is 4.90 Å². The second-order valence-electron chi connectivity index (χ2n) is 15.3. The average Bonchev–Trinajstić information content (AvgIpc) is 3.87. The first-order valence-electron chi connectivity index (χ1n) is 20.1. The molecule has 0 aliphatic rings. The van der Waals surface area contributed by atoms with Crippen molar-refractivity contribution in [2.75, 3.05) is 4.90 Å². The van der Waals surface area contributed by atoms with Gasteiger partial charge in [0.2, 0.25) is 0 Å². The highest BCUT2D eigenvalue weighted by Crippen LogP contribution is 2.45. The molecule has 0 amide bonds. The van der Waals surface area contributed by atoms with E-state index in [2.05, 4.69) is 205 Å². The highest BCUT2D eigenvalue weighted by Gasteiger charge is 2.20. The molecule has 0 unspecified atom stereocenters. The second kappa shape index (κ2) is 13.4. The third-order valence-electron chi connectivity index (χ3n) is 11.9. The molecule has 0 bridgehead atoms. The number of furan rings is 2. The first-order valence-corrected chi connectivity index (χ1v) is 20.1. The zero-order valence-corrected chi connectivity index (χ0v) is 32.0. The van der Waals surface area contributed by atoms with Crippen molar-refractivity contribution < 1.29 is 8.83 Å². The van der Waals surface area contributed by atoms with Gasteiger partial charge >= 0.3 is 0 Å². The van der Waals surface area contributed by atoms with Crippen LogP contribution in [-0.2, 0) is 0 Å². The number of benzene rings is 10. The Morgan fingerprint density at radius 3 is 1.71 bits per heavy atom. The molecule has 0 aliphatic carbocycles. The molecule has 0 atom stereocenters. The first kappa shape index (κ1) is 33.3. The standard InChI is InChI=1S/C56H35NO2/c1-3-13-44-38(10-1)12-9-17-45(44)40-22-20-36(21-23-40)37-24-28-42(29-25-37)57(43-30-32-49-48-16-6-8-19-53(48)58-55(49)35-43)52-18-7-5-14-46(52)41-27-33-54-51(34-41)50-31-26-39-11-2-4-15-47(39)56(50)59-54/h1-35H. The van der Waals surface area contributed by atoms with Crippen LogP contribution in [0.15, 0.2) is 221 Å². The van der Waals surface area contributed by atoms with Crippen LogP contribution >= 0.6 is 0 Å². The summed E-state index contributed by atoms with van der Waals surface area (Å²) in [5.41, 5.74) is 13.7. The lowest BCUT2D eigenvalue weighted by Crippen LogP contribution is -2.11. The van der Waals surface area contributed by atoms with E-state index in [4.69, 9.17) is 8.83 Å². The van der Waals surface area contributed by atoms with E-state index < -0.39 is 0 Å². The van der Waals surface area contributed by atoms with E-state index in [1.54, 1.807) is 0 Å². The van der Waals surface area contributed by atoms with E-state index in [9.17, 15) is 0 Å². The number of nitrogens with zero attached hydrogens (tertiary/aromatic N) is 1. The summed E-state index contributed by atoms with van der Waals surface area (Å²) in [6.45, 7) is 0. The molecular weight excluding hydrogens is 719 g/mol. The van der Waals surface area contributed by atoms with Crippen LogP contribution in [0.5, 0.6) is 0 Å². The molecule has 0 aliphatic heterocycles. The lowest BCUT2D eigenvalue weighted by Gasteiger charge is -2.28. The summed E-state index contributed by atoms with van der Waals surface area (Å²) in [5, 5.41) is 9.25. The smallest absolute Gasteiger partial charge is 0.143 e. The van der Waals surface area contributed by atoms with E-state index in [-0.39, 0.29) is 0 Å². The lowest BCUT2D eigenvalue weighted by molar-refractivity contribution is 0.669. The topological polar surface area (TPSA) is 29.5 Å². The Kier molecular flexibility index (Phi) is 7.54. The Hall–Kier alpha value is -7.88.